The number of carbonyl (C=O) groups excluding carboxylic acids is 1. The molecule has 2 heterocycles. The van der Waals surface area contributed by atoms with E-state index in [2.05, 4.69) is 10.3 Å². The van der Waals surface area contributed by atoms with Gasteiger partial charge >= 0.3 is 5.63 Å². The molecule has 174 valence electrons. The van der Waals surface area contributed by atoms with E-state index < -0.39 is 11.4 Å². The standard InChI is InChI=1S/C25H24N4O5/c1-28(2)10-9-23(30)22-12-18-7-8-21(13-24(18)34-25(22)31)33-16-19-15-29(27-26-19)14-17-5-4-6-20(11-17)32-3/h4-13,15H,14,16H2,1-3H3/b10-9+. The molecule has 0 N–H and O–H groups in total. The first-order valence-corrected chi connectivity index (χ1v) is 10.5. The van der Waals surface area contributed by atoms with Gasteiger partial charge in [0.2, 0.25) is 0 Å². The number of benzene rings is 2. The summed E-state index contributed by atoms with van der Waals surface area (Å²) in [5.74, 6) is 0.872. The van der Waals surface area contributed by atoms with Crippen LogP contribution in [0.2, 0.25) is 0 Å². The number of hydrogen-bond donors (Lipinski definition) is 0. The average Bonchev–Trinajstić information content (AvgIpc) is 3.27. The number of aromatic nitrogens is 3. The van der Waals surface area contributed by atoms with E-state index in [0.717, 1.165) is 11.3 Å². The first-order chi connectivity index (χ1) is 16.4. The van der Waals surface area contributed by atoms with E-state index in [9.17, 15) is 9.59 Å². The molecule has 0 atom stereocenters. The molecular formula is C25H24N4O5. The summed E-state index contributed by atoms with van der Waals surface area (Å²) in [7, 11) is 5.20. The van der Waals surface area contributed by atoms with Crippen molar-refractivity contribution in [3.8, 4) is 11.5 Å². The lowest BCUT2D eigenvalue weighted by Crippen LogP contribution is -2.13. The summed E-state index contributed by atoms with van der Waals surface area (Å²) >= 11 is 0. The molecule has 0 amide bonds. The van der Waals surface area contributed by atoms with Gasteiger partial charge < -0.3 is 18.8 Å². The Hall–Kier alpha value is -4.40. The normalized spacial score (nSPS) is 11.1. The van der Waals surface area contributed by atoms with Gasteiger partial charge in [-0.05, 0) is 35.9 Å². The zero-order valence-electron chi connectivity index (χ0n) is 19.1. The molecule has 2 aromatic heterocycles. The topological polar surface area (TPSA) is 99.7 Å². The highest BCUT2D eigenvalue weighted by Gasteiger charge is 2.12. The molecule has 0 unspecified atom stereocenters. The second-order valence-corrected chi connectivity index (χ2v) is 7.84. The zero-order chi connectivity index (χ0) is 24.1. The summed E-state index contributed by atoms with van der Waals surface area (Å²) in [5, 5.41) is 8.90. The highest BCUT2D eigenvalue weighted by atomic mass is 16.5. The molecule has 0 saturated heterocycles. The van der Waals surface area contributed by atoms with Gasteiger partial charge in [-0.15, -0.1) is 5.10 Å². The van der Waals surface area contributed by atoms with Crippen LogP contribution in [0, 0.1) is 0 Å². The fourth-order valence-corrected chi connectivity index (χ4v) is 3.26. The van der Waals surface area contributed by atoms with Crippen molar-refractivity contribution in [2.24, 2.45) is 0 Å². The third-order valence-electron chi connectivity index (χ3n) is 4.95. The minimum absolute atomic E-state index is 0.0214. The van der Waals surface area contributed by atoms with Crippen molar-refractivity contribution >= 4 is 16.8 Å². The molecule has 2 aromatic carbocycles. The number of carbonyl (C=O) groups is 1. The van der Waals surface area contributed by atoms with E-state index in [4.69, 9.17) is 13.9 Å². The number of nitrogens with zero attached hydrogens (tertiary/aromatic N) is 4. The Labute approximate surface area is 195 Å². The lowest BCUT2D eigenvalue weighted by atomic mass is 10.1. The molecule has 4 aromatic rings. The number of ether oxygens (including phenoxy) is 2. The van der Waals surface area contributed by atoms with Crippen LogP contribution in [0.1, 0.15) is 21.6 Å². The van der Waals surface area contributed by atoms with Crippen LogP contribution in [0.5, 0.6) is 11.5 Å². The van der Waals surface area contributed by atoms with Crippen LogP contribution in [0.15, 0.2) is 76.2 Å². The van der Waals surface area contributed by atoms with Crippen LogP contribution < -0.4 is 15.1 Å². The molecule has 0 saturated carbocycles. The highest BCUT2D eigenvalue weighted by Crippen LogP contribution is 2.21. The molecule has 0 radical (unpaired) electrons. The van der Waals surface area contributed by atoms with Gasteiger partial charge in [-0.2, -0.15) is 0 Å². The molecule has 0 fully saturated rings. The number of ketones is 1. The van der Waals surface area contributed by atoms with Crippen LogP contribution in [0.25, 0.3) is 11.0 Å². The van der Waals surface area contributed by atoms with Crippen molar-refractivity contribution in [2.45, 2.75) is 13.2 Å². The van der Waals surface area contributed by atoms with E-state index in [1.807, 2.05) is 24.3 Å². The maximum Gasteiger partial charge on any atom is 0.347 e. The van der Waals surface area contributed by atoms with Gasteiger partial charge in [-0.1, -0.05) is 17.3 Å². The Bertz CT molecular complexity index is 1400. The fourth-order valence-electron chi connectivity index (χ4n) is 3.26. The molecule has 0 aliphatic heterocycles. The SMILES string of the molecule is COc1cccc(Cn2cc(COc3ccc4cc(C(=O)/C=C/N(C)C)c(=O)oc4c3)nn2)c1. The van der Waals surface area contributed by atoms with Gasteiger partial charge in [0.15, 0.2) is 5.78 Å². The van der Waals surface area contributed by atoms with Crippen LogP contribution in [-0.2, 0) is 13.2 Å². The van der Waals surface area contributed by atoms with Crippen molar-refractivity contribution < 1.29 is 18.7 Å². The second kappa shape index (κ2) is 10.0. The largest absolute Gasteiger partial charge is 0.497 e. The molecule has 34 heavy (non-hydrogen) atoms. The molecule has 0 aliphatic carbocycles. The molecule has 4 rings (SSSR count). The first-order valence-electron chi connectivity index (χ1n) is 10.5. The third kappa shape index (κ3) is 5.50. The molecule has 0 bridgehead atoms. The average molecular weight is 460 g/mol. The van der Waals surface area contributed by atoms with Crippen molar-refractivity contribution in [1.29, 1.82) is 0 Å². The summed E-state index contributed by atoms with van der Waals surface area (Å²) in [5.41, 5.74) is 1.30. The van der Waals surface area contributed by atoms with Gasteiger partial charge in [0, 0.05) is 37.8 Å². The fraction of sp³-hybridized carbons (Fsp3) is 0.200. The Morgan fingerprint density at radius 1 is 1.15 bits per heavy atom. The quantitative estimate of drug-likeness (QED) is 0.213. The van der Waals surface area contributed by atoms with Crippen molar-refractivity contribution in [3.05, 3.63) is 94.2 Å². The van der Waals surface area contributed by atoms with Crippen LogP contribution in [0.4, 0.5) is 0 Å². The number of rotatable bonds is 9. The summed E-state index contributed by atoms with van der Waals surface area (Å²) in [6, 6.07) is 14.4. The first kappa shape index (κ1) is 22.8. The van der Waals surface area contributed by atoms with Crippen molar-refractivity contribution in [3.63, 3.8) is 0 Å². The van der Waals surface area contributed by atoms with Crippen LogP contribution in [0.3, 0.4) is 0 Å². The van der Waals surface area contributed by atoms with Gasteiger partial charge in [0.05, 0.1) is 19.9 Å². The Morgan fingerprint density at radius 2 is 2.00 bits per heavy atom. The van der Waals surface area contributed by atoms with E-state index in [1.54, 1.807) is 61.4 Å². The van der Waals surface area contributed by atoms with Gasteiger partial charge in [0.1, 0.15) is 34.9 Å². The van der Waals surface area contributed by atoms with Gasteiger partial charge in [-0.25, -0.2) is 9.48 Å². The predicted molar refractivity (Wildman–Crippen MR) is 126 cm³/mol. The molecule has 9 heteroatoms. The summed E-state index contributed by atoms with van der Waals surface area (Å²) in [4.78, 5) is 26.3. The second-order valence-electron chi connectivity index (χ2n) is 7.84. The minimum atomic E-state index is -0.696. The lowest BCUT2D eigenvalue weighted by Gasteiger charge is -2.06. The summed E-state index contributed by atoms with van der Waals surface area (Å²) < 4.78 is 18.1. The maximum atomic E-state index is 12.3. The van der Waals surface area contributed by atoms with E-state index in [0.29, 0.717) is 29.0 Å². The monoisotopic (exact) mass is 460 g/mol. The number of hydrogen-bond acceptors (Lipinski definition) is 8. The minimum Gasteiger partial charge on any atom is -0.497 e. The number of allylic oxidation sites excluding steroid dienone is 1. The molecule has 9 nitrogen and oxygen atoms in total. The molecule has 0 spiro atoms. The maximum absolute atomic E-state index is 12.3. The molecular weight excluding hydrogens is 436 g/mol. The lowest BCUT2D eigenvalue weighted by molar-refractivity contribution is 0.104. The highest BCUT2D eigenvalue weighted by molar-refractivity contribution is 6.05. The van der Waals surface area contributed by atoms with Crippen LogP contribution >= 0.6 is 0 Å². The zero-order valence-corrected chi connectivity index (χ0v) is 19.1. The van der Waals surface area contributed by atoms with Gasteiger partial charge in [-0.3, -0.25) is 4.79 Å². The predicted octanol–water partition coefficient (Wildman–Crippen LogP) is 3.28. The Kier molecular flexibility index (Phi) is 6.72. The Balaban J connectivity index is 1.43. The molecule has 0 aliphatic rings. The Morgan fingerprint density at radius 3 is 2.79 bits per heavy atom. The summed E-state index contributed by atoms with van der Waals surface area (Å²) in [6.07, 6.45) is 4.71. The van der Waals surface area contributed by atoms with Crippen LogP contribution in [-0.4, -0.2) is 46.9 Å². The van der Waals surface area contributed by atoms with Crippen molar-refractivity contribution in [1.82, 2.24) is 19.9 Å². The van der Waals surface area contributed by atoms with E-state index in [1.165, 1.54) is 12.1 Å². The number of fused-ring (bicyclic) bond motifs is 1. The number of methoxy groups -OCH3 is 1. The van der Waals surface area contributed by atoms with Gasteiger partial charge in [0.25, 0.3) is 0 Å². The van der Waals surface area contributed by atoms with Crippen molar-refractivity contribution in [2.75, 3.05) is 21.2 Å². The third-order valence-corrected chi connectivity index (χ3v) is 4.95. The van der Waals surface area contributed by atoms with E-state index in [-0.39, 0.29) is 12.2 Å². The smallest absolute Gasteiger partial charge is 0.347 e. The van der Waals surface area contributed by atoms with E-state index >= 15 is 0 Å². The summed E-state index contributed by atoms with van der Waals surface area (Å²) in [6.45, 7) is 0.746.